The van der Waals surface area contributed by atoms with Crippen LogP contribution < -0.4 is 4.74 Å². The number of benzene rings is 5. The molecule has 0 saturated carbocycles. The number of aryl methyl sites for hydroxylation is 1. The van der Waals surface area contributed by atoms with Crippen LogP contribution in [0.2, 0.25) is 0 Å². The van der Waals surface area contributed by atoms with Crippen LogP contribution in [0.4, 0.5) is 35.1 Å². The van der Waals surface area contributed by atoms with E-state index in [4.69, 9.17) is 0 Å². The zero-order valence-electron chi connectivity index (χ0n) is 21.4. The van der Waals surface area contributed by atoms with E-state index in [9.17, 15) is 22.0 Å². The summed E-state index contributed by atoms with van der Waals surface area (Å²) in [6.07, 6.45) is -2.14. The van der Waals surface area contributed by atoms with Gasteiger partial charge in [0.25, 0.3) is 0 Å². The first-order valence-electron chi connectivity index (χ1n) is 12.5. The molecule has 0 aliphatic heterocycles. The Morgan fingerprint density at radius 3 is 1.78 bits per heavy atom. The summed E-state index contributed by atoms with van der Waals surface area (Å²) in [5, 5.41) is -1.32. The molecule has 41 heavy (non-hydrogen) atoms. The second kappa shape index (κ2) is 10.9. The maximum absolute atomic E-state index is 15.2. The van der Waals surface area contributed by atoms with Gasteiger partial charge in [0.1, 0.15) is 0 Å². The van der Waals surface area contributed by atoms with Gasteiger partial charge in [0.05, 0.1) is 10.9 Å². The lowest BCUT2D eigenvalue weighted by Crippen LogP contribution is -2.22. The van der Waals surface area contributed by atoms with E-state index in [1.165, 1.54) is 12.1 Å². The zero-order chi connectivity index (χ0) is 29.5. The smallest absolute Gasteiger partial charge is 0.426 e. The highest BCUT2D eigenvalue weighted by atomic mass is 19.3. The Morgan fingerprint density at radius 1 is 0.610 bits per heavy atom. The molecule has 5 rings (SSSR count). The largest absolute Gasteiger partial charge is 0.426 e. The van der Waals surface area contributed by atoms with Crippen LogP contribution in [0, 0.1) is 34.9 Å². The summed E-state index contributed by atoms with van der Waals surface area (Å²) < 4.78 is 120. The molecular formula is C32H20F8O. The van der Waals surface area contributed by atoms with Crippen LogP contribution in [-0.2, 0) is 12.5 Å². The predicted molar refractivity (Wildman–Crippen MR) is 140 cm³/mol. The third-order valence-corrected chi connectivity index (χ3v) is 6.67. The molecule has 0 atom stereocenters. The van der Waals surface area contributed by atoms with Crippen LogP contribution in [0.5, 0.6) is 5.75 Å². The Morgan fingerprint density at radius 2 is 1.20 bits per heavy atom. The van der Waals surface area contributed by atoms with Gasteiger partial charge in [-0.1, -0.05) is 55.8 Å². The van der Waals surface area contributed by atoms with Gasteiger partial charge in [-0.05, 0) is 70.5 Å². The molecule has 9 heteroatoms. The van der Waals surface area contributed by atoms with Crippen molar-refractivity contribution >= 4 is 10.8 Å². The molecular weight excluding hydrogens is 552 g/mol. The molecule has 0 heterocycles. The molecule has 0 radical (unpaired) electrons. The van der Waals surface area contributed by atoms with Crippen LogP contribution in [0.1, 0.15) is 24.5 Å². The fourth-order valence-electron chi connectivity index (χ4n) is 4.57. The van der Waals surface area contributed by atoms with Crippen LogP contribution in [0.25, 0.3) is 33.0 Å². The SMILES string of the molecule is CCCc1ccc(-c2ccc(C(F)(F)Oc3ccc4cc(-c5cc(F)c(F)c(F)c5)c(F)c(F)c4c3F)cc2)cc1. The first-order chi connectivity index (χ1) is 19.5. The second-order valence-electron chi connectivity index (χ2n) is 9.42. The normalized spacial score (nSPS) is 11.7. The van der Waals surface area contributed by atoms with E-state index in [0.29, 0.717) is 17.7 Å². The van der Waals surface area contributed by atoms with Gasteiger partial charge in [-0.2, -0.15) is 8.78 Å². The van der Waals surface area contributed by atoms with Crippen molar-refractivity contribution in [2.75, 3.05) is 0 Å². The summed E-state index contributed by atoms with van der Waals surface area (Å²) in [5.41, 5.74) is 0.781. The van der Waals surface area contributed by atoms with Crippen molar-refractivity contribution in [3.63, 3.8) is 0 Å². The molecule has 0 aliphatic carbocycles. The van der Waals surface area contributed by atoms with Gasteiger partial charge in [-0.25, -0.2) is 26.3 Å². The summed E-state index contributed by atoms with van der Waals surface area (Å²) in [6, 6.07) is 16.3. The van der Waals surface area contributed by atoms with E-state index < -0.39 is 68.8 Å². The molecule has 1 nitrogen and oxygen atoms in total. The molecule has 0 aliphatic rings. The summed E-state index contributed by atoms with van der Waals surface area (Å²) in [5.74, 6) is -11.3. The fraction of sp³-hybridized carbons (Fsp3) is 0.125. The van der Waals surface area contributed by atoms with Crippen molar-refractivity contribution in [3.05, 3.63) is 125 Å². The van der Waals surface area contributed by atoms with Gasteiger partial charge in [-0.15, -0.1) is 0 Å². The molecule has 0 amide bonds. The van der Waals surface area contributed by atoms with Gasteiger partial charge in [0.2, 0.25) is 0 Å². The number of rotatable bonds is 7. The molecule has 0 aromatic heterocycles. The Balaban J connectivity index is 1.45. The maximum atomic E-state index is 15.2. The number of hydrogen-bond acceptors (Lipinski definition) is 1. The van der Waals surface area contributed by atoms with Crippen molar-refractivity contribution in [1.82, 2.24) is 0 Å². The molecule has 210 valence electrons. The van der Waals surface area contributed by atoms with Crippen LogP contribution >= 0.6 is 0 Å². The number of halogens is 8. The number of hydrogen-bond donors (Lipinski definition) is 0. The minimum absolute atomic E-state index is 0.313. The average Bonchev–Trinajstić information content (AvgIpc) is 2.95. The van der Waals surface area contributed by atoms with E-state index in [1.807, 2.05) is 24.3 Å². The van der Waals surface area contributed by atoms with Crippen molar-refractivity contribution in [2.45, 2.75) is 25.9 Å². The van der Waals surface area contributed by atoms with Gasteiger partial charge in [-0.3, -0.25) is 0 Å². The Hall–Kier alpha value is -4.40. The number of alkyl halides is 2. The zero-order valence-corrected chi connectivity index (χ0v) is 21.4. The molecule has 0 N–H and O–H groups in total. The Kier molecular flexibility index (Phi) is 7.46. The lowest BCUT2D eigenvalue weighted by Gasteiger charge is -2.20. The van der Waals surface area contributed by atoms with Crippen LogP contribution in [0.15, 0.2) is 78.9 Å². The lowest BCUT2D eigenvalue weighted by molar-refractivity contribution is -0.186. The second-order valence-corrected chi connectivity index (χ2v) is 9.42. The fourth-order valence-corrected chi connectivity index (χ4v) is 4.57. The highest BCUT2D eigenvalue weighted by Crippen LogP contribution is 2.39. The first kappa shape index (κ1) is 28.1. The Bertz CT molecular complexity index is 1720. The maximum Gasteiger partial charge on any atom is 0.426 e. The van der Waals surface area contributed by atoms with Crippen molar-refractivity contribution in [2.24, 2.45) is 0 Å². The monoisotopic (exact) mass is 572 g/mol. The minimum atomic E-state index is -4.05. The van der Waals surface area contributed by atoms with Gasteiger partial charge < -0.3 is 4.74 Å². The first-order valence-corrected chi connectivity index (χ1v) is 12.5. The average molecular weight is 572 g/mol. The quantitative estimate of drug-likeness (QED) is 0.139. The van der Waals surface area contributed by atoms with E-state index in [1.54, 1.807) is 0 Å². The minimum Gasteiger partial charge on any atom is -0.426 e. The van der Waals surface area contributed by atoms with Gasteiger partial charge in [0.15, 0.2) is 40.7 Å². The van der Waals surface area contributed by atoms with E-state index in [0.717, 1.165) is 54.3 Å². The highest BCUT2D eigenvalue weighted by Gasteiger charge is 2.36. The summed E-state index contributed by atoms with van der Waals surface area (Å²) in [4.78, 5) is 0. The highest BCUT2D eigenvalue weighted by molar-refractivity contribution is 5.90. The molecule has 0 spiro atoms. The number of ether oxygens (including phenoxy) is 1. The third-order valence-electron chi connectivity index (χ3n) is 6.67. The lowest BCUT2D eigenvalue weighted by atomic mass is 9.99. The van der Waals surface area contributed by atoms with Crippen molar-refractivity contribution in [1.29, 1.82) is 0 Å². The summed E-state index contributed by atoms with van der Waals surface area (Å²) >= 11 is 0. The van der Waals surface area contributed by atoms with Crippen LogP contribution in [-0.4, -0.2) is 0 Å². The third kappa shape index (κ3) is 5.36. The van der Waals surface area contributed by atoms with Crippen molar-refractivity contribution in [3.8, 4) is 28.0 Å². The molecule has 0 unspecified atom stereocenters. The van der Waals surface area contributed by atoms with Gasteiger partial charge in [0, 0.05) is 5.56 Å². The van der Waals surface area contributed by atoms with E-state index in [-0.39, 0.29) is 5.39 Å². The van der Waals surface area contributed by atoms with E-state index in [2.05, 4.69) is 11.7 Å². The summed E-state index contributed by atoms with van der Waals surface area (Å²) in [6.45, 7) is 2.06. The standard InChI is InChI=1S/C32H20F8O/c1-2-3-17-4-6-18(7-5-17)19-8-11-22(12-9-19)32(39,40)41-26-13-10-20-14-23(28(35)31(38)27(20)30(26)37)21-15-24(33)29(36)25(34)16-21/h4-16H,2-3H2,1H3. The molecule has 5 aromatic rings. The molecule has 0 saturated heterocycles. The predicted octanol–water partition coefficient (Wildman–Crippen LogP) is 10.1. The molecule has 0 bridgehead atoms. The van der Waals surface area contributed by atoms with E-state index >= 15 is 13.2 Å². The summed E-state index contributed by atoms with van der Waals surface area (Å²) in [7, 11) is 0. The van der Waals surface area contributed by atoms with Crippen LogP contribution in [0.3, 0.4) is 0 Å². The van der Waals surface area contributed by atoms with Crippen molar-refractivity contribution < 1.29 is 39.9 Å². The molecule has 5 aromatic carbocycles. The van der Waals surface area contributed by atoms with Gasteiger partial charge >= 0.3 is 6.11 Å². The topological polar surface area (TPSA) is 9.23 Å². The Labute approximate surface area is 229 Å². The number of fused-ring (bicyclic) bond motifs is 1. The molecule has 0 fully saturated rings.